The lowest BCUT2D eigenvalue weighted by atomic mass is 10.5. The summed E-state index contributed by atoms with van der Waals surface area (Å²) in [5, 5.41) is 7.20. The van der Waals surface area contributed by atoms with E-state index in [1.54, 1.807) is 0 Å². The number of carbonyl (C=O) groups is 1. The topological polar surface area (TPSA) is 82.2 Å². The van der Waals surface area contributed by atoms with Gasteiger partial charge in [0.1, 0.15) is 6.33 Å². The number of imidazole rings is 1. The molecule has 0 amide bonds. The molecule has 84 valence electrons. The molecule has 16 heavy (non-hydrogen) atoms. The average molecular weight is 239 g/mol. The van der Waals surface area contributed by atoms with Gasteiger partial charge in [-0.2, -0.15) is 4.68 Å². The summed E-state index contributed by atoms with van der Waals surface area (Å²) >= 11 is 1.12. The molecule has 0 spiro atoms. The van der Waals surface area contributed by atoms with Crippen molar-refractivity contribution in [1.29, 1.82) is 0 Å². The van der Waals surface area contributed by atoms with E-state index < -0.39 is 0 Å². The average Bonchev–Trinajstić information content (AvgIpc) is 2.68. The second-order valence-corrected chi connectivity index (χ2v) is 4.24. The van der Waals surface area contributed by atoms with Crippen LogP contribution in [0.4, 0.5) is 0 Å². The number of aryl methyl sites for hydroxylation is 1. The van der Waals surface area contributed by atoms with Crippen LogP contribution in [0.25, 0.3) is 5.65 Å². The minimum Gasteiger partial charge on any atom is -0.280 e. The van der Waals surface area contributed by atoms with Crippen LogP contribution in [0.15, 0.2) is 11.1 Å². The van der Waals surface area contributed by atoms with Crippen molar-refractivity contribution in [3.05, 3.63) is 22.5 Å². The van der Waals surface area contributed by atoms with Crippen molar-refractivity contribution >= 4 is 22.5 Å². The summed E-state index contributed by atoms with van der Waals surface area (Å²) in [6, 6.07) is 0. The summed E-state index contributed by atoms with van der Waals surface area (Å²) in [5.41, 5.74) is 0.00384. The number of hydrogen-bond acceptors (Lipinski definition) is 6. The Morgan fingerprint density at radius 2 is 2.31 bits per heavy atom. The number of carbonyl (C=O) groups excluding carboxylic acids is 1. The van der Waals surface area contributed by atoms with Crippen molar-refractivity contribution in [2.75, 3.05) is 5.75 Å². The van der Waals surface area contributed by atoms with Crippen LogP contribution >= 0.6 is 11.8 Å². The maximum atomic E-state index is 11.6. The molecule has 0 fully saturated rings. The van der Waals surface area contributed by atoms with Crippen LogP contribution in [0.3, 0.4) is 0 Å². The van der Waals surface area contributed by atoms with Gasteiger partial charge in [0, 0.05) is 7.05 Å². The molecule has 0 aliphatic rings. The molecule has 2 aromatic heterocycles. The first-order chi connectivity index (χ1) is 7.65. The first kappa shape index (κ1) is 10.8. The maximum absolute atomic E-state index is 11.6. The Kier molecular flexibility index (Phi) is 2.73. The molecule has 0 N–H and O–H groups in total. The van der Waals surface area contributed by atoms with Gasteiger partial charge in [0.05, 0.1) is 0 Å². The van der Waals surface area contributed by atoms with E-state index in [1.807, 2.05) is 6.92 Å². The molecule has 7 nitrogen and oxygen atoms in total. The normalized spacial score (nSPS) is 10.9. The van der Waals surface area contributed by atoms with Crippen molar-refractivity contribution in [2.24, 2.45) is 7.05 Å². The van der Waals surface area contributed by atoms with Crippen LogP contribution in [-0.2, 0) is 7.05 Å². The highest BCUT2D eigenvalue weighted by Crippen LogP contribution is 2.12. The van der Waals surface area contributed by atoms with Crippen molar-refractivity contribution in [2.45, 2.75) is 6.92 Å². The fourth-order valence-electron chi connectivity index (χ4n) is 1.22. The predicted octanol–water partition coefficient (Wildman–Crippen LogP) is -0.284. The molecular weight excluding hydrogens is 230 g/mol. The Hall–Kier alpha value is -1.70. The third-order valence-corrected chi connectivity index (χ3v) is 2.71. The van der Waals surface area contributed by atoms with Gasteiger partial charge in [-0.1, -0.05) is 23.9 Å². The predicted molar refractivity (Wildman–Crippen MR) is 58.5 cm³/mol. The summed E-state index contributed by atoms with van der Waals surface area (Å²) in [6.07, 6.45) is 1.29. The third kappa shape index (κ3) is 1.60. The Labute approximate surface area is 94.5 Å². The molecule has 2 aromatic rings. The van der Waals surface area contributed by atoms with E-state index in [0.717, 1.165) is 16.4 Å². The van der Waals surface area contributed by atoms with Gasteiger partial charge in [-0.05, 0) is 5.75 Å². The molecule has 0 aliphatic carbocycles. The maximum Gasteiger partial charge on any atom is 0.352 e. The molecular formula is C8H9N5O2S. The second-order valence-electron chi connectivity index (χ2n) is 3.00. The Balaban J connectivity index is 2.63. The second kappa shape index (κ2) is 4.05. The van der Waals surface area contributed by atoms with E-state index in [1.165, 1.54) is 17.8 Å². The third-order valence-electron chi connectivity index (χ3n) is 1.97. The molecule has 8 heteroatoms. The van der Waals surface area contributed by atoms with Crippen molar-refractivity contribution in [3.63, 3.8) is 0 Å². The van der Waals surface area contributed by atoms with Gasteiger partial charge in [-0.15, -0.1) is 5.10 Å². The van der Waals surface area contributed by atoms with E-state index in [4.69, 9.17) is 0 Å². The van der Waals surface area contributed by atoms with Crippen LogP contribution < -0.4 is 5.69 Å². The highest BCUT2D eigenvalue weighted by Gasteiger charge is 2.16. The summed E-state index contributed by atoms with van der Waals surface area (Å²) in [5.74, 6) is 0.649. The van der Waals surface area contributed by atoms with Gasteiger partial charge in [0.2, 0.25) is 5.12 Å². The van der Waals surface area contributed by atoms with Gasteiger partial charge >= 0.3 is 5.69 Å². The van der Waals surface area contributed by atoms with Crippen LogP contribution in [0, 0.1) is 0 Å². The Morgan fingerprint density at radius 1 is 1.56 bits per heavy atom. The molecule has 2 heterocycles. The van der Waals surface area contributed by atoms with E-state index in [-0.39, 0.29) is 22.1 Å². The summed E-state index contributed by atoms with van der Waals surface area (Å²) in [6.45, 7) is 1.87. The van der Waals surface area contributed by atoms with Crippen LogP contribution in [-0.4, -0.2) is 35.2 Å². The minimum atomic E-state index is -0.377. The summed E-state index contributed by atoms with van der Waals surface area (Å²) in [7, 11) is 1.48. The number of hydrogen-bond donors (Lipinski definition) is 0. The van der Waals surface area contributed by atoms with Crippen molar-refractivity contribution in [1.82, 2.24) is 24.4 Å². The quantitative estimate of drug-likeness (QED) is 0.716. The lowest BCUT2D eigenvalue weighted by Crippen LogP contribution is -2.27. The molecule has 0 radical (unpaired) electrons. The largest absolute Gasteiger partial charge is 0.352 e. The number of aromatic nitrogens is 5. The first-order valence-corrected chi connectivity index (χ1v) is 5.58. The van der Waals surface area contributed by atoms with Crippen molar-refractivity contribution in [3.8, 4) is 0 Å². The molecule has 0 saturated carbocycles. The smallest absolute Gasteiger partial charge is 0.280 e. The standard InChI is InChI=1S/C8H9N5O2S/c1-3-16-7(14)5-6-10-11-12(2)8(15)13(6)4-9-5/h4H,3H2,1-2H3. The fraction of sp³-hybridized carbons (Fsp3) is 0.375. The number of nitrogens with zero attached hydrogens (tertiary/aromatic N) is 5. The van der Waals surface area contributed by atoms with Gasteiger partial charge in [0.15, 0.2) is 11.3 Å². The van der Waals surface area contributed by atoms with Gasteiger partial charge in [0.25, 0.3) is 0 Å². The zero-order valence-electron chi connectivity index (χ0n) is 8.75. The number of fused-ring (bicyclic) bond motifs is 1. The SMILES string of the molecule is CCSC(=O)c1ncn2c(=O)n(C)nnc12. The van der Waals surface area contributed by atoms with E-state index in [2.05, 4.69) is 15.3 Å². The molecule has 0 unspecified atom stereocenters. The first-order valence-electron chi connectivity index (χ1n) is 4.59. The Morgan fingerprint density at radius 3 is 3.00 bits per heavy atom. The fourth-order valence-corrected chi connectivity index (χ4v) is 1.77. The monoisotopic (exact) mass is 239 g/mol. The van der Waals surface area contributed by atoms with Crippen LogP contribution in [0.2, 0.25) is 0 Å². The minimum absolute atomic E-state index is 0.178. The van der Waals surface area contributed by atoms with Crippen molar-refractivity contribution < 1.29 is 4.79 Å². The van der Waals surface area contributed by atoms with Gasteiger partial charge in [-0.3, -0.25) is 4.79 Å². The Bertz CT molecular complexity index is 602. The van der Waals surface area contributed by atoms with Crippen LogP contribution in [0.1, 0.15) is 17.4 Å². The molecule has 0 aliphatic heterocycles. The van der Waals surface area contributed by atoms with E-state index in [0.29, 0.717) is 5.75 Å². The summed E-state index contributed by atoms with van der Waals surface area (Å²) in [4.78, 5) is 27.1. The van der Waals surface area contributed by atoms with E-state index in [9.17, 15) is 9.59 Å². The molecule has 0 aromatic carbocycles. The molecule has 0 saturated heterocycles. The number of rotatable bonds is 2. The zero-order valence-corrected chi connectivity index (χ0v) is 9.56. The summed E-state index contributed by atoms with van der Waals surface area (Å²) < 4.78 is 2.28. The molecule has 0 atom stereocenters. The molecule has 2 rings (SSSR count). The van der Waals surface area contributed by atoms with E-state index >= 15 is 0 Å². The van der Waals surface area contributed by atoms with Gasteiger partial charge < -0.3 is 0 Å². The lowest BCUT2D eigenvalue weighted by molar-refractivity contribution is 0.108. The lowest BCUT2D eigenvalue weighted by Gasteiger charge is -1.96. The molecule has 0 bridgehead atoms. The van der Waals surface area contributed by atoms with Gasteiger partial charge in [-0.25, -0.2) is 14.2 Å². The highest BCUT2D eigenvalue weighted by molar-refractivity contribution is 8.14. The highest BCUT2D eigenvalue weighted by atomic mass is 32.2. The number of thioether (sulfide) groups is 1. The van der Waals surface area contributed by atoms with Crippen LogP contribution in [0.5, 0.6) is 0 Å². The zero-order chi connectivity index (χ0) is 11.7.